The fourth-order valence-electron chi connectivity index (χ4n) is 2.44. The van der Waals surface area contributed by atoms with Crippen molar-refractivity contribution < 1.29 is 9.53 Å². The molecule has 1 amide bonds. The zero-order valence-electron chi connectivity index (χ0n) is 14.1. The Hall–Kier alpha value is -3.59. The normalized spacial score (nSPS) is 11.3. The van der Waals surface area contributed by atoms with Gasteiger partial charge in [-0.3, -0.25) is 9.48 Å². The summed E-state index contributed by atoms with van der Waals surface area (Å²) in [5.74, 6) is 0.432. The van der Waals surface area contributed by atoms with Crippen LogP contribution in [0.4, 0.5) is 0 Å². The number of ether oxygens (including phenoxy) is 1. The minimum absolute atomic E-state index is 0.0729. The smallest absolute Gasteiger partial charge is 0.243 e. The van der Waals surface area contributed by atoms with Crippen LogP contribution < -0.4 is 10.1 Å². The van der Waals surface area contributed by atoms with E-state index >= 15 is 0 Å². The van der Waals surface area contributed by atoms with Crippen molar-refractivity contribution in [2.24, 2.45) is 0 Å². The van der Waals surface area contributed by atoms with Crippen LogP contribution in [0.1, 0.15) is 17.2 Å². The molecule has 0 aliphatic rings. The van der Waals surface area contributed by atoms with Crippen LogP contribution in [-0.2, 0) is 17.9 Å². The van der Waals surface area contributed by atoms with E-state index in [-0.39, 0.29) is 12.5 Å². The van der Waals surface area contributed by atoms with Gasteiger partial charge in [0.2, 0.25) is 5.91 Å². The predicted molar refractivity (Wildman–Crippen MR) is 95.9 cm³/mol. The Bertz CT molecular complexity index is 868. The van der Waals surface area contributed by atoms with Gasteiger partial charge < -0.3 is 10.1 Å². The zero-order chi connectivity index (χ0) is 18.2. The van der Waals surface area contributed by atoms with E-state index in [1.807, 2.05) is 30.3 Å². The van der Waals surface area contributed by atoms with Crippen molar-refractivity contribution in [2.45, 2.75) is 19.2 Å². The second-order valence-electron chi connectivity index (χ2n) is 5.68. The van der Waals surface area contributed by atoms with E-state index in [0.717, 1.165) is 5.56 Å². The second kappa shape index (κ2) is 8.49. The van der Waals surface area contributed by atoms with Crippen LogP contribution in [0, 0.1) is 11.3 Å². The first-order valence-corrected chi connectivity index (χ1v) is 8.18. The van der Waals surface area contributed by atoms with Crippen LogP contribution in [0.25, 0.3) is 0 Å². The van der Waals surface area contributed by atoms with Gasteiger partial charge >= 0.3 is 0 Å². The molecule has 130 valence electrons. The quantitative estimate of drug-likeness (QED) is 0.713. The van der Waals surface area contributed by atoms with E-state index in [1.165, 1.54) is 4.68 Å². The molecule has 6 nitrogen and oxygen atoms in total. The fourth-order valence-corrected chi connectivity index (χ4v) is 2.44. The summed E-state index contributed by atoms with van der Waals surface area (Å²) in [4.78, 5) is 12.0. The molecule has 3 aromatic rings. The fraction of sp³-hybridized carbons (Fsp3) is 0.150. The molecule has 0 saturated carbocycles. The van der Waals surface area contributed by atoms with Crippen LogP contribution >= 0.6 is 0 Å². The number of rotatable bonds is 7. The Morgan fingerprint density at radius 2 is 1.92 bits per heavy atom. The highest BCUT2D eigenvalue weighted by molar-refractivity contribution is 5.76. The van der Waals surface area contributed by atoms with Crippen LogP contribution in [0.2, 0.25) is 0 Å². The van der Waals surface area contributed by atoms with Gasteiger partial charge in [-0.25, -0.2) is 0 Å². The van der Waals surface area contributed by atoms with Gasteiger partial charge in [0, 0.05) is 12.4 Å². The van der Waals surface area contributed by atoms with Crippen molar-refractivity contribution in [2.75, 3.05) is 0 Å². The van der Waals surface area contributed by atoms with Gasteiger partial charge in [0.05, 0.1) is 6.07 Å². The standard InChI is InChI=1S/C20H18N4O2/c21-13-19(23-20(25)14-24-12-4-11-22-24)17-7-9-18(10-8-17)26-15-16-5-2-1-3-6-16/h1-12,19H,14-15H2,(H,23,25). The van der Waals surface area contributed by atoms with E-state index in [9.17, 15) is 10.1 Å². The summed E-state index contributed by atoms with van der Waals surface area (Å²) >= 11 is 0. The third-order valence-corrected chi connectivity index (χ3v) is 3.76. The van der Waals surface area contributed by atoms with Gasteiger partial charge in [-0.2, -0.15) is 10.4 Å². The molecule has 0 aliphatic heterocycles. The molecule has 0 spiro atoms. The van der Waals surface area contributed by atoms with E-state index in [4.69, 9.17) is 4.74 Å². The molecular weight excluding hydrogens is 328 g/mol. The van der Waals surface area contributed by atoms with Crippen LogP contribution in [0.5, 0.6) is 5.75 Å². The lowest BCUT2D eigenvalue weighted by atomic mass is 10.1. The average Bonchev–Trinajstić information content (AvgIpc) is 3.19. The molecule has 0 saturated heterocycles. The Balaban J connectivity index is 1.57. The lowest BCUT2D eigenvalue weighted by Crippen LogP contribution is -2.31. The van der Waals surface area contributed by atoms with Crippen LogP contribution in [0.15, 0.2) is 73.1 Å². The summed E-state index contributed by atoms with van der Waals surface area (Å²) in [6, 6.07) is 20.1. The Kier molecular flexibility index (Phi) is 5.63. The number of nitriles is 1. The van der Waals surface area contributed by atoms with Gasteiger partial charge in [0.15, 0.2) is 0 Å². The number of carbonyl (C=O) groups is 1. The first-order chi connectivity index (χ1) is 12.7. The molecule has 26 heavy (non-hydrogen) atoms. The molecule has 1 heterocycles. The summed E-state index contributed by atoms with van der Waals surface area (Å²) in [6.45, 7) is 0.548. The highest BCUT2D eigenvalue weighted by Gasteiger charge is 2.14. The van der Waals surface area contributed by atoms with Crippen LogP contribution in [0.3, 0.4) is 0 Å². The molecule has 3 rings (SSSR count). The number of hydrogen-bond acceptors (Lipinski definition) is 4. The molecule has 6 heteroatoms. The number of benzene rings is 2. The summed E-state index contributed by atoms with van der Waals surface area (Å²) in [5, 5.41) is 16.0. The van der Waals surface area contributed by atoms with E-state index in [2.05, 4.69) is 16.5 Å². The third kappa shape index (κ3) is 4.71. The molecule has 1 aromatic heterocycles. The molecule has 1 unspecified atom stereocenters. The van der Waals surface area contributed by atoms with Crippen molar-refractivity contribution in [3.05, 3.63) is 84.2 Å². The van der Waals surface area contributed by atoms with Crippen molar-refractivity contribution in [1.29, 1.82) is 5.26 Å². The summed E-state index contributed by atoms with van der Waals surface area (Å²) in [5.41, 5.74) is 1.78. The monoisotopic (exact) mass is 346 g/mol. The molecule has 0 aliphatic carbocycles. The molecule has 1 atom stereocenters. The van der Waals surface area contributed by atoms with Crippen molar-refractivity contribution in [1.82, 2.24) is 15.1 Å². The number of nitrogens with one attached hydrogen (secondary N) is 1. The molecule has 0 bridgehead atoms. The number of carbonyl (C=O) groups excluding carboxylic acids is 1. The predicted octanol–water partition coefficient (Wildman–Crippen LogP) is 2.84. The van der Waals surface area contributed by atoms with Crippen molar-refractivity contribution >= 4 is 5.91 Å². The van der Waals surface area contributed by atoms with Gasteiger partial charge in [-0.05, 0) is 29.3 Å². The first-order valence-electron chi connectivity index (χ1n) is 8.18. The highest BCUT2D eigenvalue weighted by Crippen LogP contribution is 2.18. The van der Waals surface area contributed by atoms with E-state index in [0.29, 0.717) is 17.9 Å². The maximum Gasteiger partial charge on any atom is 0.243 e. The van der Waals surface area contributed by atoms with Crippen molar-refractivity contribution in [3.8, 4) is 11.8 Å². The summed E-state index contributed by atoms with van der Waals surface area (Å²) < 4.78 is 7.23. The number of amides is 1. The van der Waals surface area contributed by atoms with Crippen molar-refractivity contribution in [3.63, 3.8) is 0 Å². The lowest BCUT2D eigenvalue weighted by molar-refractivity contribution is -0.122. The SMILES string of the molecule is N#CC(NC(=O)Cn1cccn1)c1ccc(OCc2ccccc2)cc1. The Morgan fingerprint density at radius 1 is 1.15 bits per heavy atom. The largest absolute Gasteiger partial charge is 0.489 e. The van der Waals surface area contributed by atoms with Gasteiger partial charge in [0.1, 0.15) is 24.9 Å². The van der Waals surface area contributed by atoms with Gasteiger partial charge in [-0.1, -0.05) is 42.5 Å². The summed E-state index contributed by atoms with van der Waals surface area (Å²) in [6.07, 6.45) is 3.29. The number of hydrogen-bond donors (Lipinski definition) is 1. The molecule has 2 aromatic carbocycles. The third-order valence-electron chi connectivity index (χ3n) is 3.76. The van der Waals surface area contributed by atoms with E-state index in [1.54, 1.807) is 42.7 Å². The topological polar surface area (TPSA) is 79.9 Å². The van der Waals surface area contributed by atoms with Crippen LogP contribution in [-0.4, -0.2) is 15.7 Å². The minimum atomic E-state index is -0.721. The number of aromatic nitrogens is 2. The average molecular weight is 346 g/mol. The summed E-state index contributed by atoms with van der Waals surface area (Å²) in [7, 11) is 0. The maximum atomic E-state index is 12.0. The number of nitrogens with zero attached hydrogens (tertiary/aromatic N) is 3. The van der Waals surface area contributed by atoms with Gasteiger partial charge in [-0.15, -0.1) is 0 Å². The second-order valence-corrected chi connectivity index (χ2v) is 5.68. The zero-order valence-corrected chi connectivity index (χ0v) is 14.1. The molecule has 1 N–H and O–H groups in total. The van der Waals surface area contributed by atoms with Gasteiger partial charge in [0.25, 0.3) is 0 Å². The van der Waals surface area contributed by atoms with E-state index < -0.39 is 6.04 Å². The molecule has 0 radical (unpaired) electrons. The molecular formula is C20H18N4O2. The Morgan fingerprint density at radius 3 is 2.58 bits per heavy atom. The lowest BCUT2D eigenvalue weighted by Gasteiger charge is -2.13. The maximum absolute atomic E-state index is 12.0. The first kappa shape index (κ1) is 17.2. The molecule has 0 fully saturated rings. The minimum Gasteiger partial charge on any atom is -0.489 e. The highest BCUT2D eigenvalue weighted by atomic mass is 16.5. The Labute approximate surface area is 151 Å².